The molecule has 0 radical (unpaired) electrons. The Labute approximate surface area is 126 Å². The lowest BCUT2D eigenvalue weighted by atomic mass is 10.1. The minimum Gasteiger partial charge on any atom is -0.325 e. The molecule has 1 aromatic carbocycles. The van der Waals surface area contributed by atoms with E-state index in [-0.39, 0.29) is 5.91 Å². The van der Waals surface area contributed by atoms with E-state index in [0.29, 0.717) is 18.2 Å². The third kappa shape index (κ3) is 4.57. The topological polar surface area (TPSA) is 56.1 Å². The second-order valence-corrected chi connectivity index (χ2v) is 5.62. The number of hydrogen-bond donors (Lipinski definition) is 1. The zero-order valence-corrected chi connectivity index (χ0v) is 12.6. The van der Waals surface area contributed by atoms with Gasteiger partial charge in [0.25, 0.3) is 0 Å². The molecule has 2 rings (SSSR count). The van der Waals surface area contributed by atoms with Gasteiger partial charge in [0.1, 0.15) is 0 Å². The Morgan fingerprint density at radius 2 is 2.10 bits per heavy atom. The molecule has 1 aliphatic heterocycles. The summed E-state index contributed by atoms with van der Waals surface area (Å²) >= 11 is 0. The minimum absolute atomic E-state index is 0.0278. The van der Waals surface area contributed by atoms with Crippen molar-refractivity contribution in [2.75, 3.05) is 18.4 Å². The Morgan fingerprint density at radius 1 is 1.33 bits per heavy atom. The average Bonchev–Trinajstić information content (AvgIpc) is 2.73. The van der Waals surface area contributed by atoms with Crippen molar-refractivity contribution < 1.29 is 4.79 Å². The second kappa shape index (κ2) is 7.80. The maximum Gasteiger partial charge on any atom is 0.238 e. The molecule has 4 heteroatoms. The number of amides is 1. The predicted octanol–water partition coefficient (Wildman–Crippen LogP) is 3.15. The molecule has 1 saturated heterocycles. The lowest BCUT2D eigenvalue weighted by Crippen LogP contribution is -2.40. The normalized spacial score (nSPS) is 19.5. The van der Waals surface area contributed by atoms with E-state index >= 15 is 0 Å². The van der Waals surface area contributed by atoms with Crippen LogP contribution < -0.4 is 5.32 Å². The van der Waals surface area contributed by atoms with Crippen LogP contribution in [0.5, 0.6) is 0 Å². The Bertz CT molecular complexity index is 504. The van der Waals surface area contributed by atoms with Crippen molar-refractivity contribution in [2.45, 2.75) is 45.1 Å². The van der Waals surface area contributed by atoms with E-state index < -0.39 is 0 Å². The number of likely N-dealkylation sites (tertiary alicyclic amines) is 1. The molecule has 0 aromatic heterocycles. The Balaban J connectivity index is 1.91. The van der Waals surface area contributed by atoms with Crippen LogP contribution in [0.15, 0.2) is 24.3 Å². The van der Waals surface area contributed by atoms with Crippen LogP contribution in [-0.4, -0.2) is 29.9 Å². The van der Waals surface area contributed by atoms with Crippen LogP contribution in [0.1, 0.15) is 44.6 Å². The van der Waals surface area contributed by atoms with Gasteiger partial charge in [-0.25, -0.2) is 0 Å². The highest BCUT2D eigenvalue weighted by molar-refractivity contribution is 5.92. The predicted molar refractivity (Wildman–Crippen MR) is 83.9 cm³/mol. The van der Waals surface area contributed by atoms with Gasteiger partial charge in [-0.15, -0.1) is 0 Å². The first-order valence-corrected chi connectivity index (χ1v) is 7.77. The molecule has 1 aromatic rings. The SMILES string of the molecule is CCC1CCCCCN1CC(=O)Nc1ccc(C#N)cc1. The van der Waals surface area contributed by atoms with E-state index in [2.05, 4.69) is 23.2 Å². The molecule has 1 aliphatic rings. The summed E-state index contributed by atoms with van der Waals surface area (Å²) < 4.78 is 0. The number of carbonyl (C=O) groups is 1. The number of rotatable bonds is 4. The third-order valence-corrected chi connectivity index (χ3v) is 4.11. The molecule has 0 saturated carbocycles. The molecule has 0 aliphatic carbocycles. The van der Waals surface area contributed by atoms with Gasteiger partial charge in [-0.2, -0.15) is 5.26 Å². The van der Waals surface area contributed by atoms with E-state index in [1.54, 1.807) is 24.3 Å². The molecule has 1 N–H and O–H groups in total. The highest BCUT2D eigenvalue weighted by Gasteiger charge is 2.21. The van der Waals surface area contributed by atoms with Crippen LogP contribution in [0.3, 0.4) is 0 Å². The molecule has 0 bridgehead atoms. The monoisotopic (exact) mass is 285 g/mol. The van der Waals surface area contributed by atoms with Crippen molar-refractivity contribution in [3.05, 3.63) is 29.8 Å². The minimum atomic E-state index is 0.0278. The third-order valence-electron chi connectivity index (χ3n) is 4.11. The van der Waals surface area contributed by atoms with Crippen LogP contribution >= 0.6 is 0 Å². The fraction of sp³-hybridized carbons (Fsp3) is 0.529. The molecular weight excluding hydrogens is 262 g/mol. The van der Waals surface area contributed by atoms with E-state index in [9.17, 15) is 4.79 Å². The maximum atomic E-state index is 12.2. The molecule has 1 unspecified atom stereocenters. The second-order valence-electron chi connectivity index (χ2n) is 5.62. The number of benzene rings is 1. The fourth-order valence-corrected chi connectivity index (χ4v) is 2.92. The number of nitriles is 1. The van der Waals surface area contributed by atoms with Crippen molar-refractivity contribution in [2.24, 2.45) is 0 Å². The first kappa shape index (κ1) is 15.5. The van der Waals surface area contributed by atoms with Gasteiger partial charge < -0.3 is 5.32 Å². The van der Waals surface area contributed by atoms with Crippen molar-refractivity contribution in [1.29, 1.82) is 5.26 Å². The van der Waals surface area contributed by atoms with E-state index in [1.165, 1.54) is 25.7 Å². The largest absolute Gasteiger partial charge is 0.325 e. The van der Waals surface area contributed by atoms with Crippen LogP contribution in [0.2, 0.25) is 0 Å². The summed E-state index contributed by atoms with van der Waals surface area (Å²) in [5, 5.41) is 11.7. The first-order valence-electron chi connectivity index (χ1n) is 7.77. The van der Waals surface area contributed by atoms with Gasteiger partial charge in [0, 0.05) is 11.7 Å². The first-order chi connectivity index (χ1) is 10.2. The van der Waals surface area contributed by atoms with E-state index in [1.807, 2.05) is 0 Å². The Hall–Kier alpha value is -1.86. The van der Waals surface area contributed by atoms with Crippen LogP contribution in [-0.2, 0) is 4.79 Å². The molecule has 1 atom stereocenters. The molecule has 1 heterocycles. The van der Waals surface area contributed by atoms with Crippen molar-refractivity contribution in [1.82, 2.24) is 4.90 Å². The van der Waals surface area contributed by atoms with Gasteiger partial charge in [0.15, 0.2) is 0 Å². The van der Waals surface area contributed by atoms with Crippen LogP contribution in [0, 0.1) is 11.3 Å². The van der Waals surface area contributed by atoms with Crippen LogP contribution in [0.25, 0.3) is 0 Å². The highest BCUT2D eigenvalue weighted by Crippen LogP contribution is 2.19. The molecule has 0 spiro atoms. The van der Waals surface area contributed by atoms with Gasteiger partial charge >= 0.3 is 0 Å². The van der Waals surface area contributed by atoms with E-state index in [0.717, 1.165) is 18.7 Å². The highest BCUT2D eigenvalue weighted by atomic mass is 16.2. The summed E-state index contributed by atoms with van der Waals surface area (Å²) in [5.74, 6) is 0.0278. The molecule has 112 valence electrons. The van der Waals surface area contributed by atoms with Gasteiger partial charge in [-0.1, -0.05) is 19.8 Å². The summed E-state index contributed by atoms with van der Waals surface area (Å²) in [6.07, 6.45) is 6.02. The number of anilines is 1. The van der Waals surface area contributed by atoms with Gasteiger partial charge in [0.05, 0.1) is 18.2 Å². The summed E-state index contributed by atoms with van der Waals surface area (Å²) in [6.45, 7) is 3.67. The van der Waals surface area contributed by atoms with Gasteiger partial charge in [-0.3, -0.25) is 9.69 Å². The fourth-order valence-electron chi connectivity index (χ4n) is 2.92. The van der Waals surface area contributed by atoms with Crippen LogP contribution in [0.4, 0.5) is 5.69 Å². The Morgan fingerprint density at radius 3 is 2.76 bits per heavy atom. The zero-order chi connectivity index (χ0) is 15.1. The number of hydrogen-bond acceptors (Lipinski definition) is 3. The summed E-state index contributed by atoms with van der Waals surface area (Å²) in [7, 11) is 0. The average molecular weight is 285 g/mol. The summed E-state index contributed by atoms with van der Waals surface area (Å²) in [4.78, 5) is 14.5. The van der Waals surface area contributed by atoms with E-state index in [4.69, 9.17) is 5.26 Å². The Kier molecular flexibility index (Phi) is 5.77. The molecule has 1 fully saturated rings. The zero-order valence-electron chi connectivity index (χ0n) is 12.6. The quantitative estimate of drug-likeness (QED) is 0.924. The summed E-state index contributed by atoms with van der Waals surface area (Å²) in [5.41, 5.74) is 1.36. The standard InChI is InChI=1S/C17H23N3O/c1-2-16-6-4-3-5-11-20(16)13-17(21)19-15-9-7-14(12-18)8-10-15/h7-10,16H,2-6,11,13H2,1H3,(H,19,21). The van der Waals surface area contributed by atoms with Crippen molar-refractivity contribution >= 4 is 11.6 Å². The molecular formula is C17H23N3O. The summed E-state index contributed by atoms with van der Waals surface area (Å²) in [6, 6.07) is 9.58. The number of nitrogens with one attached hydrogen (secondary N) is 1. The molecule has 4 nitrogen and oxygen atoms in total. The van der Waals surface area contributed by atoms with Crippen molar-refractivity contribution in [3.8, 4) is 6.07 Å². The van der Waals surface area contributed by atoms with Gasteiger partial charge in [0.2, 0.25) is 5.91 Å². The lowest BCUT2D eigenvalue weighted by molar-refractivity contribution is -0.117. The maximum absolute atomic E-state index is 12.2. The number of nitrogens with zero attached hydrogens (tertiary/aromatic N) is 2. The van der Waals surface area contributed by atoms with Gasteiger partial charge in [-0.05, 0) is 50.1 Å². The molecule has 1 amide bonds. The smallest absolute Gasteiger partial charge is 0.238 e. The lowest BCUT2D eigenvalue weighted by Gasteiger charge is -2.28. The van der Waals surface area contributed by atoms with Crippen molar-refractivity contribution in [3.63, 3.8) is 0 Å². The molecule has 21 heavy (non-hydrogen) atoms. The number of carbonyl (C=O) groups excluding carboxylic acids is 1.